The van der Waals surface area contributed by atoms with Gasteiger partial charge in [-0.1, -0.05) is 68.5 Å². The number of likely N-dealkylation sites (N-methyl/N-ethyl adjacent to an activating group) is 2. The minimum absolute atomic E-state index is 0.0192. The SMILES string of the molecule is CC[C@@]12C=CCN3CC[C@]4(c5cc(NC(=O)COc6cc(OCC(=O)Nc7cc8c(cc7OC)N(C)[C@H]7[C@@](O)(C(=O)OC)[C@H](OC(C)=O)[C@]9(CC)C=CCN%10CC[C@]87[C@@H]%109)cc7oc(-c8ccccc8)cc(=O)c67)c(OC)cc5N(C)[C@@H]4[C@](O)(C(=O)OC)[C@H]1OC(C)=O)[C@H]32. The molecule has 4 aromatic carbocycles. The van der Waals surface area contributed by atoms with Crippen LogP contribution in [0, 0.1) is 10.8 Å². The second-order valence-corrected chi connectivity index (χ2v) is 25.7. The minimum Gasteiger partial charge on any atom is -0.494 e. The number of amides is 2. The molecule has 93 heavy (non-hydrogen) atoms. The first-order valence-electron chi connectivity index (χ1n) is 31.3. The standard InChI is InChI=1S/C69H76N6O18/c1-11-64-20-16-24-74-26-22-66(56(64)74)41-30-43(49(85-7)32-45(41)72(5)58(66)68(83,62(81)87-9)60(64)91-37(3)76)70-53(79)35-89-40-28-51(55-47(78)34-48(93-52(55)29-40)39-18-14-13-15-19-39)90-36-54(80)71-44-31-42-46(33-50(44)86-8)73(6)59-67(42)23-27-75-25-17-21-65(12-2,57(67)75)61(92-38(4)77)69(59,84)63(82)88-10/h13-21,28-34,56-61,83-84H,11-12,22-27,35-36H2,1-10H3,(H,70,79)(H,71,80)/t56-,57+,58+,59-,60+,61-,64+,65-,66+,67-,68-,69+/m0/s1. The molecule has 0 radical (unpaired) electrons. The quantitative estimate of drug-likeness (QED) is 0.0515. The van der Waals surface area contributed by atoms with Crippen molar-refractivity contribution in [1.29, 1.82) is 0 Å². The lowest BCUT2D eigenvalue weighted by molar-refractivity contribution is -0.229. The van der Waals surface area contributed by atoms with E-state index in [9.17, 15) is 43.8 Å². The van der Waals surface area contributed by atoms with Crippen LogP contribution in [0.15, 0.2) is 106 Å². The molecule has 12 atom stereocenters. The molecule has 0 unspecified atom stereocenters. The number of hydrogen-bond acceptors (Lipinski definition) is 22. The molecule has 2 aliphatic carbocycles. The van der Waals surface area contributed by atoms with Crippen LogP contribution in [0.1, 0.15) is 64.5 Å². The van der Waals surface area contributed by atoms with Gasteiger partial charge in [0, 0.05) is 122 Å². The Morgan fingerprint density at radius 1 is 0.613 bits per heavy atom. The van der Waals surface area contributed by atoms with E-state index in [1.807, 2.05) is 60.1 Å². The summed E-state index contributed by atoms with van der Waals surface area (Å²) in [5, 5.41) is 32.3. The van der Waals surface area contributed by atoms with Crippen LogP contribution in [-0.4, -0.2) is 185 Å². The van der Waals surface area contributed by atoms with Crippen LogP contribution in [0.2, 0.25) is 0 Å². The van der Waals surface area contributed by atoms with E-state index in [0.717, 1.165) is 11.1 Å². The van der Waals surface area contributed by atoms with Crippen LogP contribution in [0.5, 0.6) is 23.0 Å². The van der Waals surface area contributed by atoms with Gasteiger partial charge in [0.2, 0.25) is 11.2 Å². The first kappa shape index (κ1) is 62.8. The summed E-state index contributed by atoms with van der Waals surface area (Å²) in [5.74, 6) is -3.89. The van der Waals surface area contributed by atoms with Gasteiger partial charge in [0.05, 0.1) is 51.9 Å². The molecule has 24 heteroatoms. The van der Waals surface area contributed by atoms with Crippen LogP contribution in [0.25, 0.3) is 22.3 Å². The average molecular weight is 1280 g/mol. The predicted octanol–water partition coefficient (Wildman–Crippen LogP) is 5.40. The number of methoxy groups -OCH3 is 4. The highest BCUT2D eigenvalue weighted by molar-refractivity contribution is 5.97. The average Bonchev–Trinajstić information content (AvgIpc) is 1.53. The zero-order chi connectivity index (χ0) is 66.1. The third kappa shape index (κ3) is 8.79. The molecule has 6 aliphatic heterocycles. The fourth-order valence-corrected chi connectivity index (χ4v) is 18.5. The summed E-state index contributed by atoms with van der Waals surface area (Å²) in [6.07, 6.45) is 6.95. The molecule has 1 aromatic heterocycles. The summed E-state index contributed by atoms with van der Waals surface area (Å²) in [4.78, 5) is 106. The van der Waals surface area contributed by atoms with E-state index in [1.54, 1.807) is 56.6 Å². The molecule has 2 saturated carbocycles. The van der Waals surface area contributed by atoms with E-state index >= 15 is 0 Å². The van der Waals surface area contributed by atoms with Crippen molar-refractivity contribution in [3.63, 3.8) is 0 Å². The van der Waals surface area contributed by atoms with E-state index in [0.29, 0.717) is 68.8 Å². The van der Waals surface area contributed by atoms with E-state index in [4.69, 9.17) is 42.3 Å². The summed E-state index contributed by atoms with van der Waals surface area (Å²) < 4.78 is 53.6. The molecule has 4 fully saturated rings. The summed E-state index contributed by atoms with van der Waals surface area (Å²) >= 11 is 0. The van der Waals surface area contributed by atoms with Crippen LogP contribution >= 0.6 is 0 Å². The van der Waals surface area contributed by atoms with Gasteiger partial charge in [-0.05, 0) is 62.0 Å². The number of ether oxygens (including phenoxy) is 8. The van der Waals surface area contributed by atoms with Gasteiger partial charge in [-0.3, -0.25) is 33.8 Å². The number of nitrogens with one attached hydrogen (secondary N) is 2. The Morgan fingerprint density at radius 2 is 1.09 bits per heavy atom. The first-order chi connectivity index (χ1) is 44.5. The minimum atomic E-state index is -2.38. The third-order valence-corrected chi connectivity index (χ3v) is 21.6. The van der Waals surface area contributed by atoms with Crippen molar-refractivity contribution in [2.45, 2.75) is 112 Å². The summed E-state index contributed by atoms with van der Waals surface area (Å²) in [7, 11) is 8.81. The van der Waals surface area contributed by atoms with Gasteiger partial charge in [-0.15, -0.1) is 0 Å². The smallest absolute Gasteiger partial charge is 0.344 e. The number of benzene rings is 4. The van der Waals surface area contributed by atoms with E-state index in [-0.39, 0.29) is 57.1 Å². The second-order valence-electron chi connectivity index (χ2n) is 25.7. The molecule has 8 aliphatic rings. The van der Waals surface area contributed by atoms with Crippen LogP contribution in [0.3, 0.4) is 0 Å². The number of anilines is 4. The lowest BCUT2D eigenvalue weighted by atomic mass is 9.47. The monoisotopic (exact) mass is 1280 g/mol. The zero-order valence-corrected chi connectivity index (χ0v) is 53.5. The van der Waals surface area contributed by atoms with Gasteiger partial charge in [-0.25, -0.2) is 9.59 Å². The third-order valence-electron chi connectivity index (χ3n) is 21.6. The predicted molar refractivity (Wildman–Crippen MR) is 339 cm³/mol. The van der Waals surface area contributed by atoms with Crippen molar-refractivity contribution in [1.82, 2.24) is 9.80 Å². The Morgan fingerprint density at radius 3 is 1.53 bits per heavy atom. The molecule has 2 amide bonds. The molecule has 7 heterocycles. The lowest BCUT2D eigenvalue weighted by Gasteiger charge is -2.63. The maximum Gasteiger partial charge on any atom is 0.344 e. The molecule has 2 saturated heterocycles. The molecule has 24 nitrogen and oxygen atoms in total. The second kappa shape index (κ2) is 22.7. The number of carbonyl (C=O) groups is 6. The van der Waals surface area contributed by atoms with Crippen molar-refractivity contribution in [2.24, 2.45) is 10.8 Å². The Labute approximate surface area is 536 Å². The molecule has 4 N–H and O–H groups in total. The molecule has 5 aromatic rings. The van der Waals surface area contributed by atoms with Gasteiger partial charge in [0.15, 0.2) is 30.9 Å². The Kier molecular flexibility index (Phi) is 15.3. The van der Waals surface area contributed by atoms with Crippen LogP contribution < -0.4 is 44.8 Å². The molecular formula is C69H76N6O18. The number of fused-ring (bicyclic) bond motifs is 3. The van der Waals surface area contributed by atoms with E-state index < -0.39 is 118 Å². The van der Waals surface area contributed by atoms with Crippen molar-refractivity contribution in [2.75, 3.05) is 102 Å². The summed E-state index contributed by atoms with van der Waals surface area (Å²) in [6.45, 7) is 7.42. The lowest BCUT2D eigenvalue weighted by Crippen LogP contribution is -2.81. The molecule has 490 valence electrons. The van der Waals surface area contributed by atoms with Crippen molar-refractivity contribution in [3.8, 4) is 34.3 Å². The first-order valence-corrected chi connectivity index (χ1v) is 31.3. The van der Waals surface area contributed by atoms with E-state index in [1.165, 1.54) is 60.5 Å². The topological polar surface area (TPSA) is 284 Å². The summed E-state index contributed by atoms with van der Waals surface area (Å²) in [5.41, 5.74) is -5.52. The van der Waals surface area contributed by atoms with Gasteiger partial charge in [0.1, 0.15) is 39.7 Å². The van der Waals surface area contributed by atoms with Gasteiger partial charge in [-0.2, -0.15) is 0 Å². The highest BCUT2D eigenvalue weighted by Gasteiger charge is 2.82. The molecule has 13 rings (SSSR count). The number of aliphatic hydroxyl groups is 2. The van der Waals surface area contributed by atoms with Crippen molar-refractivity contribution >= 4 is 69.4 Å². The highest BCUT2D eigenvalue weighted by atomic mass is 16.6. The Balaban J connectivity index is 0.808. The molecule has 0 bridgehead atoms. The fraction of sp³-hybridized carbons (Fsp3) is 0.464. The number of rotatable bonds is 17. The number of carbonyl (C=O) groups excluding carboxylic acids is 6. The molecular weight excluding hydrogens is 1200 g/mol. The maximum absolute atomic E-state index is 14.5. The molecule has 2 spiro atoms. The van der Waals surface area contributed by atoms with Gasteiger partial charge in [0.25, 0.3) is 11.8 Å². The Bertz CT molecular complexity index is 4080. The Hall–Kier alpha value is -8.97. The van der Waals surface area contributed by atoms with Crippen LogP contribution in [0.4, 0.5) is 22.7 Å². The number of hydrogen-bond donors (Lipinski definition) is 4. The largest absolute Gasteiger partial charge is 0.494 e. The van der Waals surface area contributed by atoms with Crippen molar-refractivity contribution < 1.29 is 81.3 Å². The summed E-state index contributed by atoms with van der Waals surface area (Å²) in [6, 6.07) is 17.4. The zero-order valence-electron chi connectivity index (χ0n) is 53.5. The highest BCUT2D eigenvalue weighted by Crippen LogP contribution is 2.70. The van der Waals surface area contributed by atoms with Crippen molar-refractivity contribution in [3.05, 3.63) is 118 Å². The fourth-order valence-electron chi connectivity index (χ4n) is 18.5. The van der Waals surface area contributed by atoms with Gasteiger partial charge < -0.3 is 73.0 Å². The number of esters is 4. The normalized spacial score (nSPS) is 30.6. The van der Waals surface area contributed by atoms with Crippen LogP contribution in [-0.2, 0) is 58.5 Å². The van der Waals surface area contributed by atoms with E-state index in [2.05, 4.69) is 20.4 Å². The number of nitrogens with zero attached hydrogens (tertiary/aromatic N) is 4. The van der Waals surface area contributed by atoms with Gasteiger partial charge >= 0.3 is 23.9 Å². The maximum atomic E-state index is 14.5.